The molecule has 2 amide bonds. The van der Waals surface area contributed by atoms with Gasteiger partial charge in [0.05, 0.1) is 11.4 Å². The van der Waals surface area contributed by atoms with Crippen molar-refractivity contribution in [2.45, 2.75) is 39.8 Å². The minimum Gasteiger partial charge on any atom is -0.449 e. The number of anilines is 3. The maximum atomic E-state index is 13.2. The number of carbonyl (C=O) groups is 2. The Bertz CT molecular complexity index is 2150. The lowest BCUT2D eigenvalue weighted by Gasteiger charge is -2.14. The highest BCUT2D eigenvalue weighted by molar-refractivity contribution is 5.91. The lowest BCUT2D eigenvalue weighted by Crippen LogP contribution is -2.26. The molecule has 3 aromatic carbocycles. The highest BCUT2D eigenvalue weighted by Crippen LogP contribution is 2.44. The molecule has 0 fully saturated rings. The Hall–Kier alpha value is -6.36. The van der Waals surface area contributed by atoms with Gasteiger partial charge in [-0.2, -0.15) is 5.10 Å². The van der Waals surface area contributed by atoms with Crippen LogP contribution < -0.4 is 16.0 Å². The predicted molar refractivity (Wildman–Crippen MR) is 192 cm³/mol. The number of fused-ring (bicyclic) bond motifs is 3. The summed E-state index contributed by atoms with van der Waals surface area (Å²) in [4.78, 5) is 39.1. The first-order chi connectivity index (χ1) is 24.3. The normalized spacial score (nSPS) is 11.8. The van der Waals surface area contributed by atoms with Crippen molar-refractivity contribution in [3.63, 3.8) is 0 Å². The van der Waals surface area contributed by atoms with Crippen LogP contribution in [0, 0.1) is 20.8 Å². The molecule has 1 aliphatic carbocycles. The number of carbonyl (C=O) groups excluding carboxylic acids is 2. The van der Waals surface area contributed by atoms with Crippen LogP contribution in [0.15, 0.2) is 104 Å². The van der Waals surface area contributed by atoms with Gasteiger partial charge in [-0.05, 0) is 78.9 Å². The van der Waals surface area contributed by atoms with Gasteiger partial charge in [0.2, 0.25) is 11.9 Å². The molecule has 0 bridgehead atoms. The van der Waals surface area contributed by atoms with E-state index in [4.69, 9.17) is 4.74 Å². The number of pyridine rings is 1. The molecular formula is C39H36N8O3. The maximum absolute atomic E-state index is 13.2. The number of rotatable bonds is 10. The van der Waals surface area contributed by atoms with E-state index in [1.807, 2.05) is 81.4 Å². The quantitative estimate of drug-likeness (QED) is 0.141. The minimum atomic E-state index is -0.505. The number of aryl methyl sites for hydroxylation is 2. The van der Waals surface area contributed by atoms with Crippen molar-refractivity contribution in [1.29, 1.82) is 0 Å². The number of nitrogens with zero attached hydrogens (tertiary/aromatic N) is 5. The Balaban J connectivity index is 0.948. The zero-order valence-electron chi connectivity index (χ0n) is 28.0. The molecule has 6 aromatic rings. The summed E-state index contributed by atoms with van der Waals surface area (Å²) >= 11 is 0. The number of hydrogen-bond acceptors (Lipinski definition) is 8. The lowest BCUT2D eigenvalue weighted by atomic mass is 9.98. The van der Waals surface area contributed by atoms with Gasteiger partial charge >= 0.3 is 6.09 Å². The zero-order chi connectivity index (χ0) is 34.6. The molecule has 0 unspecified atom stereocenters. The molecule has 3 heterocycles. The number of alkyl carbamates (subject to hydrolysis) is 1. The Morgan fingerprint density at radius 1 is 0.880 bits per heavy atom. The first-order valence-corrected chi connectivity index (χ1v) is 16.4. The first-order valence-electron chi connectivity index (χ1n) is 16.4. The van der Waals surface area contributed by atoms with Crippen LogP contribution >= 0.6 is 0 Å². The van der Waals surface area contributed by atoms with Gasteiger partial charge in [0, 0.05) is 59.2 Å². The molecule has 0 atom stereocenters. The van der Waals surface area contributed by atoms with Gasteiger partial charge in [-0.15, -0.1) is 0 Å². The van der Waals surface area contributed by atoms with Crippen LogP contribution in [-0.4, -0.2) is 43.3 Å². The third-order valence-electron chi connectivity index (χ3n) is 8.96. The molecule has 0 spiro atoms. The van der Waals surface area contributed by atoms with Crippen LogP contribution in [0.5, 0.6) is 0 Å². The summed E-state index contributed by atoms with van der Waals surface area (Å²) in [5.74, 6) is 0.172. The highest BCUT2D eigenvalue weighted by atomic mass is 16.5. The van der Waals surface area contributed by atoms with Gasteiger partial charge in [0.15, 0.2) is 0 Å². The highest BCUT2D eigenvalue weighted by Gasteiger charge is 2.29. The number of hydrogen-bond donors (Lipinski definition) is 3. The molecule has 7 rings (SSSR count). The topological polar surface area (TPSA) is 136 Å². The Morgan fingerprint density at radius 2 is 1.64 bits per heavy atom. The first kappa shape index (κ1) is 32.2. The van der Waals surface area contributed by atoms with Crippen LogP contribution in [-0.2, 0) is 22.6 Å². The fourth-order valence-electron chi connectivity index (χ4n) is 6.34. The zero-order valence-corrected chi connectivity index (χ0v) is 28.0. The van der Waals surface area contributed by atoms with E-state index in [-0.39, 0.29) is 31.5 Å². The smallest absolute Gasteiger partial charge is 0.407 e. The van der Waals surface area contributed by atoms with Crippen molar-refractivity contribution in [3.05, 3.63) is 137 Å². The van der Waals surface area contributed by atoms with Crippen LogP contribution in [0.2, 0.25) is 0 Å². The molecule has 3 aromatic heterocycles. The standard InChI is InChI=1S/C39H36N8O3/c1-24-14-15-28(19-36(24)45-38-41-18-16-35(44-38)27-9-8-17-40-20-27)43-37(48)22-47-26(3)33(25(2)46-47)21-42-39(49)50-23-34-31-12-6-4-10-29(31)30-11-5-7-13-32(30)34/h4-20,34H,21-23H2,1-3H3,(H,42,49)(H,43,48)(H,41,44,45). The van der Waals surface area contributed by atoms with E-state index in [1.165, 1.54) is 11.1 Å². The van der Waals surface area contributed by atoms with Crippen molar-refractivity contribution in [1.82, 2.24) is 30.0 Å². The van der Waals surface area contributed by atoms with Crippen LogP contribution in [0.3, 0.4) is 0 Å². The SMILES string of the molecule is Cc1ccc(NC(=O)Cn2nc(C)c(CNC(=O)OCC3c4ccccc4-c4ccccc43)c2C)cc1Nc1nccc(-c2cccnc2)n1. The molecule has 50 heavy (non-hydrogen) atoms. The van der Waals surface area contributed by atoms with Crippen LogP contribution in [0.4, 0.5) is 22.1 Å². The fourth-order valence-corrected chi connectivity index (χ4v) is 6.34. The minimum absolute atomic E-state index is 0.00449. The van der Waals surface area contributed by atoms with Crippen molar-refractivity contribution in [2.75, 3.05) is 17.2 Å². The Labute approximate surface area is 289 Å². The van der Waals surface area contributed by atoms with Gasteiger partial charge < -0.3 is 20.7 Å². The summed E-state index contributed by atoms with van der Waals surface area (Å²) in [7, 11) is 0. The Kier molecular flexibility index (Phi) is 9.02. The second-order valence-electron chi connectivity index (χ2n) is 12.2. The summed E-state index contributed by atoms with van der Waals surface area (Å²) in [6.45, 7) is 6.18. The summed E-state index contributed by atoms with van der Waals surface area (Å²) in [6, 6.07) is 27.7. The molecular weight excluding hydrogens is 628 g/mol. The molecule has 3 N–H and O–H groups in total. The predicted octanol–water partition coefficient (Wildman–Crippen LogP) is 7.08. The van der Waals surface area contributed by atoms with E-state index in [2.05, 4.69) is 60.3 Å². The third kappa shape index (κ3) is 6.79. The van der Waals surface area contributed by atoms with Gasteiger partial charge in [-0.3, -0.25) is 14.5 Å². The molecule has 11 nitrogen and oxygen atoms in total. The third-order valence-corrected chi connectivity index (χ3v) is 8.96. The monoisotopic (exact) mass is 664 g/mol. The van der Waals surface area contributed by atoms with Crippen molar-refractivity contribution < 1.29 is 14.3 Å². The molecule has 0 aliphatic heterocycles. The summed E-state index contributed by atoms with van der Waals surface area (Å²) in [5, 5.41) is 13.7. The van der Waals surface area contributed by atoms with Gasteiger partial charge in [-0.1, -0.05) is 54.6 Å². The van der Waals surface area contributed by atoms with Gasteiger partial charge in [0.25, 0.3) is 0 Å². The molecule has 250 valence electrons. The molecule has 0 radical (unpaired) electrons. The van der Waals surface area contributed by atoms with E-state index in [0.717, 1.165) is 50.6 Å². The van der Waals surface area contributed by atoms with E-state index in [1.54, 1.807) is 23.3 Å². The molecule has 0 saturated heterocycles. The molecule has 1 aliphatic rings. The second-order valence-corrected chi connectivity index (χ2v) is 12.2. The number of ether oxygens (including phenoxy) is 1. The lowest BCUT2D eigenvalue weighted by molar-refractivity contribution is -0.116. The molecule has 0 saturated carbocycles. The number of aromatic nitrogens is 5. The van der Waals surface area contributed by atoms with Crippen LogP contribution in [0.25, 0.3) is 22.4 Å². The summed E-state index contributed by atoms with van der Waals surface area (Å²) < 4.78 is 7.35. The largest absolute Gasteiger partial charge is 0.449 e. The number of nitrogens with one attached hydrogen (secondary N) is 3. The average Bonchev–Trinajstić information content (AvgIpc) is 3.59. The Morgan fingerprint density at radius 3 is 2.38 bits per heavy atom. The van der Waals surface area contributed by atoms with E-state index < -0.39 is 6.09 Å². The van der Waals surface area contributed by atoms with E-state index >= 15 is 0 Å². The van der Waals surface area contributed by atoms with Gasteiger partial charge in [-0.25, -0.2) is 14.8 Å². The fraction of sp³-hybridized carbons (Fsp3) is 0.179. The van der Waals surface area contributed by atoms with Crippen LogP contribution in [0.1, 0.15) is 39.6 Å². The van der Waals surface area contributed by atoms with E-state index in [9.17, 15) is 9.59 Å². The maximum Gasteiger partial charge on any atom is 0.407 e. The number of amides is 2. The van der Waals surface area contributed by atoms with E-state index in [0.29, 0.717) is 11.6 Å². The molecule has 11 heteroatoms. The summed E-state index contributed by atoms with van der Waals surface area (Å²) in [6.07, 6.45) is 4.65. The van der Waals surface area contributed by atoms with Crippen molar-refractivity contribution in [3.8, 4) is 22.4 Å². The van der Waals surface area contributed by atoms with Crippen molar-refractivity contribution >= 4 is 29.3 Å². The van der Waals surface area contributed by atoms with Crippen molar-refractivity contribution in [2.24, 2.45) is 0 Å². The van der Waals surface area contributed by atoms with Gasteiger partial charge in [0.1, 0.15) is 13.2 Å². The summed E-state index contributed by atoms with van der Waals surface area (Å²) in [5.41, 5.74) is 11.0. The second kappa shape index (κ2) is 14.0. The average molecular weight is 665 g/mol. The number of benzene rings is 3.